The summed E-state index contributed by atoms with van der Waals surface area (Å²) in [6.45, 7) is 1.51. The van der Waals surface area contributed by atoms with Crippen molar-refractivity contribution in [2.45, 2.75) is 29.3 Å². The highest BCUT2D eigenvalue weighted by Crippen LogP contribution is 2.60. The van der Waals surface area contributed by atoms with Crippen LogP contribution in [0.2, 0.25) is 0 Å². The Morgan fingerprint density at radius 1 is 1.60 bits per heavy atom. The molecule has 0 aromatic rings. The SMILES string of the molecule is COC(=O)C1(Cl)OC12CCS(=O)(=O)C2C. The van der Waals surface area contributed by atoms with Crippen LogP contribution in [0.4, 0.5) is 0 Å². The lowest BCUT2D eigenvalue weighted by molar-refractivity contribution is -0.143. The summed E-state index contributed by atoms with van der Waals surface area (Å²) in [4.78, 5) is 11.3. The highest BCUT2D eigenvalue weighted by Gasteiger charge is 2.81. The fourth-order valence-corrected chi connectivity index (χ4v) is 4.48. The normalized spacial score (nSPS) is 46.7. The van der Waals surface area contributed by atoms with Gasteiger partial charge in [-0.2, -0.15) is 0 Å². The molecule has 2 aliphatic heterocycles. The van der Waals surface area contributed by atoms with Gasteiger partial charge in [0.15, 0.2) is 9.84 Å². The zero-order valence-electron chi connectivity index (χ0n) is 8.32. The predicted molar refractivity (Wildman–Crippen MR) is 52.3 cm³/mol. The standard InChI is InChI=1S/C8H11ClO5S/c1-5-7(3-4-15(5,11)12)8(9,14-7)6(10)13-2/h5H,3-4H2,1-2H3. The van der Waals surface area contributed by atoms with E-state index < -0.39 is 31.7 Å². The van der Waals surface area contributed by atoms with Crippen molar-refractivity contribution in [3.63, 3.8) is 0 Å². The molecule has 7 heteroatoms. The lowest BCUT2D eigenvalue weighted by atomic mass is 9.98. The molecule has 0 saturated carbocycles. The van der Waals surface area contributed by atoms with Crippen molar-refractivity contribution in [2.24, 2.45) is 0 Å². The Labute approximate surface area is 92.6 Å². The van der Waals surface area contributed by atoms with Gasteiger partial charge in [-0.3, -0.25) is 0 Å². The van der Waals surface area contributed by atoms with E-state index in [4.69, 9.17) is 16.3 Å². The highest BCUT2D eigenvalue weighted by molar-refractivity contribution is 7.92. The average Bonchev–Trinajstić information content (AvgIpc) is 2.75. The number of hydrogen-bond acceptors (Lipinski definition) is 5. The molecule has 0 bridgehead atoms. The Kier molecular flexibility index (Phi) is 2.13. The molecular weight excluding hydrogens is 244 g/mol. The molecule has 15 heavy (non-hydrogen) atoms. The maximum atomic E-state index is 11.5. The average molecular weight is 255 g/mol. The molecule has 2 aliphatic rings. The second-order valence-electron chi connectivity index (χ2n) is 3.84. The second-order valence-corrected chi connectivity index (χ2v) is 6.81. The molecule has 0 N–H and O–H groups in total. The van der Waals surface area contributed by atoms with E-state index in [2.05, 4.69) is 4.74 Å². The van der Waals surface area contributed by atoms with Crippen LogP contribution in [0.25, 0.3) is 0 Å². The summed E-state index contributed by atoms with van der Waals surface area (Å²) in [7, 11) is -2.01. The number of halogens is 1. The van der Waals surface area contributed by atoms with E-state index in [0.29, 0.717) is 0 Å². The number of ether oxygens (including phenoxy) is 2. The largest absolute Gasteiger partial charge is 0.466 e. The molecule has 86 valence electrons. The van der Waals surface area contributed by atoms with E-state index >= 15 is 0 Å². The van der Waals surface area contributed by atoms with Crippen molar-refractivity contribution in [3.05, 3.63) is 0 Å². The Morgan fingerprint density at radius 2 is 2.20 bits per heavy atom. The third-order valence-electron chi connectivity index (χ3n) is 3.23. The van der Waals surface area contributed by atoms with Crippen molar-refractivity contribution >= 4 is 27.4 Å². The van der Waals surface area contributed by atoms with E-state index in [-0.39, 0.29) is 12.2 Å². The first-order valence-corrected chi connectivity index (χ1v) is 6.58. The summed E-state index contributed by atoms with van der Waals surface area (Å²) in [6, 6.07) is 0. The van der Waals surface area contributed by atoms with Crippen molar-refractivity contribution < 1.29 is 22.7 Å². The van der Waals surface area contributed by atoms with Crippen LogP contribution in [0, 0.1) is 0 Å². The number of hydrogen-bond donors (Lipinski definition) is 0. The van der Waals surface area contributed by atoms with E-state index in [1.807, 2.05) is 0 Å². The summed E-state index contributed by atoms with van der Waals surface area (Å²) in [5.41, 5.74) is -1.08. The fourth-order valence-electron chi connectivity index (χ4n) is 2.09. The Balaban J connectivity index is 2.33. The van der Waals surface area contributed by atoms with Gasteiger partial charge in [0, 0.05) is 0 Å². The topological polar surface area (TPSA) is 73.0 Å². The number of carbonyl (C=O) groups excluding carboxylic acids is 1. The van der Waals surface area contributed by atoms with Crippen LogP contribution in [-0.2, 0) is 24.1 Å². The zero-order valence-corrected chi connectivity index (χ0v) is 9.89. The molecule has 2 fully saturated rings. The van der Waals surface area contributed by atoms with Crippen molar-refractivity contribution in [3.8, 4) is 0 Å². The molecule has 3 unspecified atom stereocenters. The van der Waals surface area contributed by atoms with Crippen LogP contribution < -0.4 is 0 Å². The first kappa shape index (κ1) is 11.2. The van der Waals surface area contributed by atoms with Crippen LogP contribution >= 0.6 is 11.6 Å². The minimum atomic E-state index is -3.20. The first-order valence-electron chi connectivity index (χ1n) is 4.49. The molecule has 2 saturated heterocycles. The molecule has 5 nitrogen and oxygen atoms in total. The van der Waals surface area contributed by atoms with Crippen LogP contribution in [-0.4, -0.2) is 43.2 Å². The number of carbonyl (C=O) groups is 1. The minimum Gasteiger partial charge on any atom is -0.466 e. The van der Waals surface area contributed by atoms with Gasteiger partial charge in [-0.1, -0.05) is 11.6 Å². The van der Waals surface area contributed by atoms with Crippen molar-refractivity contribution in [2.75, 3.05) is 12.9 Å². The summed E-state index contributed by atoms with van der Waals surface area (Å²) in [5, 5.41) is -2.37. The minimum absolute atomic E-state index is 0.000366. The van der Waals surface area contributed by atoms with Crippen LogP contribution in [0.3, 0.4) is 0 Å². The van der Waals surface area contributed by atoms with Gasteiger partial charge in [0.1, 0.15) is 5.60 Å². The third-order valence-corrected chi connectivity index (χ3v) is 6.01. The summed E-state index contributed by atoms with van der Waals surface area (Å²) in [6.07, 6.45) is 0.245. The highest BCUT2D eigenvalue weighted by atomic mass is 35.5. The molecule has 0 aromatic carbocycles. The number of rotatable bonds is 1. The number of alkyl halides is 1. The zero-order chi connectivity index (χ0) is 11.5. The number of methoxy groups -OCH3 is 1. The third kappa shape index (κ3) is 1.18. The van der Waals surface area contributed by atoms with Gasteiger partial charge in [-0.25, -0.2) is 13.2 Å². The molecule has 3 atom stereocenters. The molecule has 1 spiro atoms. The first-order chi connectivity index (χ1) is 6.80. The lowest BCUT2D eigenvalue weighted by Crippen LogP contribution is -2.36. The maximum Gasteiger partial charge on any atom is 0.357 e. The van der Waals surface area contributed by atoms with Crippen LogP contribution in [0.1, 0.15) is 13.3 Å². The number of esters is 1. The molecule has 2 heterocycles. The maximum absolute atomic E-state index is 11.5. The molecule has 2 rings (SSSR count). The van der Waals surface area contributed by atoms with Gasteiger partial charge in [-0.05, 0) is 13.3 Å². The Morgan fingerprint density at radius 3 is 2.60 bits per heavy atom. The number of sulfone groups is 1. The molecule has 0 aromatic heterocycles. The molecular formula is C8H11ClO5S. The van der Waals surface area contributed by atoms with Gasteiger partial charge >= 0.3 is 5.97 Å². The van der Waals surface area contributed by atoms with E-state index in [1.54, 1.807) is 0 Å². The van der Waals surface area contributed by atoms with E-state index in [1.165, 1.54) is 14.0 Å². The van der Waals surface area contributed by atoms with Crippen LogP contribution in [0.15, 0.2) is 0 Å². The van der Waals surface area contributed by atoms with E-state index in [0.717, 1.165) is 0 Å². The van der Waals surface area contributed by atoms with E-state index in [9.17, 15) is 13.2 Å². The summed E-state index contributed by atoms with van der Waals surface area (Å²) in [5.74, 6) is -0.729. The molecule has 0 radical (unpaired) electrons. The molecule has 0 aliphatic carbocycles. The van der Waals surface area contributed by atoms with Gasteiger partial charge in [0.25, 0.3) is 5.06 Å². The summed E-state index contributed by atoms with van der Waals surface area (Å²) < 4.78 is 32.7. The smallest absolute Gasteiger partial charge is 0.357 e. The second kappa shape index (κ2) is 2.87. The predicted octanol–water partition coefficient (Wildman–Crippen LogP) is 0.0705. The van der Waals surface area contributed by atoms with Crippen molar-refractivity contribution in [1.29, 1.82) is 0 Å². The number of epoxide rings is 1. The fraction of sp³-hybridized carbons (Fsp3) is 0.875. The van der Waals surface area contributed by atoms with Crippen molar-refractivity contribution in [1.82, 2.24) is 0 Å². The van der Waals surface area contributed by atoms with Gasteiger partial charge in [-0.15, -0.1) is 0 Å². The van der Waals surface area contributed by atoms with Gasteiger partial charge in [0.2, 0.25) is 0 Å². The summed E-state index contributed by atoms with van der Waals surface area (Å²) >= 11 is 5.92. The van der Waals surface area contributed by atoms with Crippen LogP contribution in [0.5, 0.6) is 0 Å². The Bertz CT molecular complexity index is 419. The lowest BCUT2D eigenvalue weighted by Gasteiger charge is -2.11. The molecule has 0 amide bonds. The quantitative estimate of drug-likeness (QED) is 0.376. The monoisotopic (exact) mass is 254 g/mol. The van der Waals surface area contributed by atoms with Gasteiger partial charge < -0.3 is 9.47 Å². The Hall–Kier alpha value is -0.330. The van der Waals surface area contributed by atoms with Gasteiger partial charge in [0.05, 0.1) is 18.1 Å².